The predicted molar refractivity (Wildman–Crippen MR) is 79.7 cm³/mol. The van der Waals surface area contributed by atoms with E-state index in [9.17, 15) is 0 Å². The maximum Gasteiger partial charge on any atom is 0.160 e. The van der Waals surface area contributed by atoms with Crippen LogP contribution < -0.4 is 0 Å². The molecule has 0 bridgehead atoms. The van der Waals surface area contributed by atoms with Crippen molar-refractivity contribution >= 4 is 22.8 Å². The van der Waals surface area contributed by atoms with Gasteiger partial charge in [0.2, 0.25) is 0 Å². The monoisotopic (exact) mass is 286 g/mol. The van der Waals surface area contributed by atoms with E-state index in [1.807, 2.05) is 43.6 Å². The number of hydrogen-bond acceptors (Lipinski definition) is 3. The van der Waals surface area contributed by atoms with Gasteiger partial charge in [0.15, 0.2) is 5.65 Å². The van der Waals surface area contributed by atoms with E-state index >= 15 is 0 Å². The van der Waals surface area contributed by atoms with E-state index < -0.39 is 0 Å². The Morgan fingerprint density at radius 1 is 1.20 bits per heavy atom. The Morgan fingerprint density at radius 2 is 2.00 bits per heavy atom. The number of rotatable bonds is 4. The third-order valence-electron chi connectivity index (χ3n) is 3.26. The van der Waals surface area contributed by atoms with Crippen molar-refractivity contribution in [3.63, 3.8) is 0 Å². The summed E-state index contributed by atoms with van der Waals surface area (Å²) >= 11 is 6.24. The highest BCUT2D eigenvalue weighted by Crippen LogP contribution is 2.23. The van der Waals surface area contributed by atoms with Crippen LogP contribution in [-0.2, 0) is 13.0 Å². The van der Waals surface area contributed by atoms with Crippen LogP contribution >= 0.6 is 11.6 Å². The molecule has 5 heteroatoms. The smallest absolute Gasteiger partial charge is 0.160 e. The number of imidazole rings is 1. The third kappa shape index (κ3) is 2.51. The largest absolute Gasteiger partial charge is 0.311 e. The molecule has 3 rings (SSSR count). The summed E-state index contributed by atoms with van der Waals surface area (Å²) in [6.45, 7) is 2.75. The van der Waals surface area contributed by atoms with E-state index in [1.165, 1.54) is 5.56 Å². The van der Waals surface area contributed by atoms with Crippen LogP contribution in [0.15, 0.2) is 42.9 Å². The number of hydrogen-bond donors (Lipinski definition) is 0. The second-order valence-electron chi connectivity index (χ2n) is 4.69. The highest BCUT2D eigenvalue weighted by Gasteiger charge is 2.15. The minimum Gasteiger partial charge on any atom is -0.311 e. The highest BCUT2D eigenvalue weighted by atomic mass is 35.5. The van der Waals surface area contributed by atoms with E-state index in [-0.39, 0.29) is 5.38 Å². The van der Waals surface area contributed by atoms with E-state index in [0.29, 0.717) is 0 Å². The predicted octanol–water partition coefficient (Wildman–Crippen LogP) is 3.37. The summed E-state index contributed by atoms with van der Waals surface area (Å²) in [5, 5.41) is -0.137. The van der Waals surface area contributed by atoms with Crippen molar-refractivity contribution in [2.75, 3.05) is 0 Å². The molecule has 102 valence electrons. The Kier molecular flexibility index (Phi) is 3.65. The van der Waals surface area contributed by atoms with Crippen molar-refractivity contribution in [3.05, 3.63) is 54.2 Å². The lowest BCUT2D eigenvalue weighted by atomic mass is 10.2. The maximum atomic E-state index is 6.24. The molecular formula is C15H15ClN4. The van der Waals surface area contributed by atoms with Gasteiger partial charge in [0.25, 0.3) is 0 Å². The zero-order valence-corrected chi connectivity index (χ0v) is 12.0. The molecular weight excluding hydrogens is 272 g/mol. The molecule has 3 aromatic rings. The SMILES string of the molecule is CC(Cl)c1nc2cccnc2n1CCc1ccncc1. The Bertz CT molecular complexity index is 706. The third-order valence-corrected chi connectivity index (χ3v) is 3.46. The van der Waals surface area contributed by atoms with Crippen LogP contribution in [-0.4, -0.2) is 19.5 Å². The van der Waals surface area contributed by atoms with Gasteiger partial charge in [-0.25, -0.2) is 9.97 Å². The van der Waals surface area contributed by atoms with Crippen LogP contribution in [0.1, 0.15) is 23.7 Å². The van der Waals surface area contributed by atoms with Gasteiger partial charge in [0.05, 0.1) is 5.38 Å². The van der Waals surface area contributed by atoms with Crippen molar-refractivity contribution < 1.29 is 0 Å². The topological polar surface area (TPSA) is 43.6 Å². The maximum absolute atomic E-state index is 6.24. The first-order valence-electron chi connectivity index (χ1n) is 6.60. The number of aromatic nitrogens is 4. The number of halogens is 1. The first-order chi connectivity index (χ1) is 9.75. The molecule has 1 unspecified atom stereocenters. The normalized spacial score (nSPS) is 12.7. The Balaban J connectivity index is 1.95. The summed E-state index contributed by atoms with van der Waals surface area (Å²) in [4.78, 5) is 13.0. The fourth-order valence-corrected chi connectivity index (χ4v) is 2.46. The van der Waals surface area contributed by atoms with Crippen LogP contribution in [0.25, 0.3) is 11.2 Å². The quantitative estimate of drug-likeness (QED) is 0.691. The number of nitrogens with zero attached hydrogens (tertiary/aromatic N) is 4. The van der Waals surface area contributed by atoms with E-state index in [2.05, 4.69) is 19.5 Å². The van der Waals surface area contributed by atoms with Gasteiger partial charge in [0.1, 0.15) is 11.3 Å². The van der Waals surface area contributed by atoms with E-state index in [1.54, 1.807) is 6.20 Å². The van der Waals surface area contributed by atoms with Gasteiger partial charge in [-0.2, -0.15) is 0 Å². The van der Waals surface area contributed by atoms with E-state index in [0.717, 1.165) is 30.0 Å². The Morgan fingerprint density at radius 3 is 2.75 bits per heavy atom. The number of alkyl halides is 1. The Hall–Kier alpha value is -1.94. The second-order valence-corrected chi connectivity index (χ2v) is 5.34. The minimum atomic E-state index is -0.137. The molecule has 3 aromatic heterocycles. The molecule has 0 aliphatic carbocycles. The zero-order chi connectivity index (χ0) is 13.9. The average Bonchev–Trinajstić information content (AvgIpc) is 2.85. The van der Waals surface area contributed by atoms with Crippen LogP contribution in [0.5, 0.6) is 0 Å². The van der Waals surface area contributed by atoms with Gasteiger partial charge < -0.3 is 4.57 Å². The van der Waals surface area contributed by atoms with Gasteiger partial charge >= 0.3 is 0 Å². The molecule has 0 spiro atoms. The average molecular weight is 287 g/mol. The lowest BCUT2D eigenvalue weighted by Crippen LogP contribution is -2.07. The second kappa shape index (κ2) is 5.59. The lowest BCUT2D eigenvalue weighted by Gasteiger charge is -2.09. The first kappa shape index (κ1) is 13.1. The summed E-state index contributed by atoms with van der Waals surface area (Å²) in [5.41, 5.74) is 3.03. The van der Waals surface area contributed by atoms with Crippen LogP contribution in [0.3, 0.4) is 0 Å². The molecule has 0 aliphatic rings. The molecule has 0 aromatic carbocycles. The summed E-state index contributed by atoms with van der Waals surface area (Å²) < 4.78 is 2.10. The van der Waals surface area contributed by atoms with Crippen molar-refractivity contribution in [1.82, 2.24) is 19.5 Å². The standard InChI is InChI=1S/C15H15ClN4/c1-11(16)14-19-13-3-2-7-18-15(13)20(14)10-6-12-4-8-17-9-5-12/h2-5,7-9,11H,6,10H2,1H3. The van der Waals surface area contributed by atoms with Gasteiger partial charge in [-0.3, -0.25) is 4.98 Å². The van der Waals surface area contributed by atoms with Crippen LogP contribution in [0.2, 0.25) is 0 Å². The molecule has 0 aliphatic heterocycles. The molecule has 0 saturated heterocycles. The highest BCUT2D eigenvalue weighted by molar-refractivity contribution is 6.20. The molecule has 4 nitrogen and oxygen atoms in total. The molecule has 0 fully saturated rings. The van der Waals surface area contributed by atoms with Crippen molar-refractivity contribution in [2.45, 2.75) is 25.3 Å². The van der Waals surface area contributed by atoms with Crippen molar-refractivity contribution in [2.24, 2.45) is 0 Å². The number of pyridine rings is 2. The molecule has 0 saturated carbocycles. The van der Waals surface area contributed by atoms with Crippen molar-refractivity contribution in [3.8, 4) is 0 Å². The molecule has 0 amide bonds. The number of aryl methyl sites for hydroxylation is 2. The molecule has 0 N–H and O–H groups in total. The summed E-state index contributed by atoms with van der Waals surface area (Å²) in [7, 11) is 0. The lowest BCUT2D eigenvalue weighted by molar-refractivity contribution is 0.663. The fourth-order valence-electron chi connectivity index (χ4n) is 2.29. The van der Waals surface area contributed by atoms with E-state index in [4.69, 9.17) is 11.6 Å². The molecule has 20 heavy (non-hydrogen) atoms. The molecule has 1 atom stereocenters. The molecule has 0 radical (unpaired) electrons. The zero-order valence-electron chi connectivity index (χ0n) is 11.2. The van der Waals surface area contributed by atoms with Crippen LogP contribution in [0, 0.1) is 0 Å². The summed E-state index contributed by atoms with van der Waals surface area (Å²) in [6.07, 6.45) is 6.31. The fraction of sp³-hybridized carbons (Fsp3) is 0.267. The summed E-state index contributed by atoms with van der Waals surface area (Å²) in [6, 6.07) is 7.91. The summed E-state index contributed by atoms with van der Waals surface area (Å²) in [5.74, 6) is 0.870. The minimum absolute atomic E-state index is 0.137. The first-order valence-corrected chi connectivity index (χ1v) is 7.03. The van der Waals surface area contributed by atoms with Gasteiger partial charge in [0, 0.05) is 25.1 Å². The van der Waals surface area contributed by atoms with Gasteiger partial charge in [-0.15, -0.1) is 11.6 Å². The number of fused-ring (bicyclic) bond motifs is 1. The Labute approximate surface area is 122 Å². The van der Waals surface area contributed by atoms with Gasteiger partial charge in [-0.05, 0) is 43.2 Å². The van der Waals surface area contributed by atoms with Gasteiger partial charge in [-0.1, -0.05) is 0 Å². The van der Waals surface area contributed by atoms with Crippen molar-refractivity contribution in [1.29, 1.82) is 0 Å². The van der Waals surface area contributed by atoms with Crippen LogP contribution in [0.4, 0.5) is 0 Å². The molecule has 3 heterocycles.